The highest BCUT2D eigenvalue weighted by molar-refractivity contribution is 8.01. The van der Waals surface area contributed by atoms with Crippen LogP contribution in [-0.4, -0.2) is 27.4 Å². The summed E-state index contributed by atoms with van der Waals surface area (Å²) in [5.74, 6) is 0.115. The molecule has 0 spiro atoms. The number of hydrogen-bond donors (Lipinski definition) is 2. The molecule has 6 nitrogen and oxygen atoms in total. The molecule has 0 radical (unpaired) electrons. The normalized spacial score (nSPS) is 15.7. The fourth-order valence-corrected chi connectivity index (χ4v) is 4.73. The van der Waals surface area contributed by atoms with E-state index in [0.717, 1.165) is 42.1 Å². The molecule has 0 bridgehead atoms. The van der Waals surface area contributed by atoms with Gasteiger partial charge in [0, 0.05) is 5.69 Å². The number of carbonyl (C=O) groups excluding carboxylic acids is 1. The molecular weight excluding hydrogens is 378 g/mol. The molecule has 2 aromatic rings. The van der Waals surface area contributed by atoms with Gasteiger partial charge in [-0.25, -0.2) is 0 Å². The van der Waals surface area contributed by atoms with Gasteiger partial charge in [-0.05, 0) is 43.9 Å². The molecule has 1 heterocycles. The molecule has 3 rings (SSSR count). The Balaban J connectivity index is 1.54. The molecule has 8 heteroatoms. The van der Waals surface area contributed by atoms with Crippen LogP contribution in [0.3, 0.4) is 0 Å². The van der Waals surface area contributed by atoms with Crippen LogP contribution in [0.2, 0.25) is 0 Å². The monoisotopic (exact) mass is 401 g/mol. The van der Waals surface area contributed by atoms with E-state index >= 15 is 0 Å². The number of benzene rings is 1. The predicted octanol–water partition coefficient (Wildman–Crippen LogP) is 4.33. The van der Waals surface area contributed by atoms with Gasteiger partial charge in [-0.1, -0.05) is 54.5 Å². The van der Waals surface area contributed by atoms with Crippen LogP contribution in [0, 0.1) is 25.2 Å². The van der Waals surface area contributed by atoms with Gasteiger partial charge in [0.15, 0.2) is 4.34 Å². The Labute approximate surface area is 167 Å². The van der Waals surface area contributed by atoms with Crippen LogP contribution >= 0.6 is 23.1 Å². The number of carbonyl (C=O) groups is 1. The summed E-state index contributed by atoms with van der Waals surface area (Å²) in [5, 5.41) is 24.7. The first-order chi connectivity index (χ1) is 13.0. The van der Waals surface area contributed by atoms with E-state index in [-0.39, 0.29) is 11.7 Å². The van der Waals surface area contributed by atoms with Gasteiger partial charge < -0.3 is 10.6 Å². The zero-order valence-electron chi connectivity index (χ0n) is 15.5. The third kappa shape index (κ3) is 4.99. The van der Waals surface area contributed by atoms with Crippen molar-refractivity contribution in [3.63, 3.8) is 0 Å². The van der Waals surface area contributed by atoms with Crippen LogP contribution in [0.25, 0.3) is 0 Å². The van der Waals surface area contributed by atoms with Crippen molar-refractivity contribution in [2.75, 3.05) is 11.1 Å². The molecule has 1 aliphatic carbocycles. The minimum Gasteiger partial charge on any atom is -0.337 e. The summed E-state index contributed by atoms with van der Waals surface area (Å²) in [6, 6.07) is 8.39. The second kappa shape index (κ2) is 8.72. The maximum absolute atomic E-state index is 12.3. The number of aromatic nitrogens is 2. The van der Waals surface area contributed by atoms with Crippen molar-refractivity contribution >= 4 is 39.8 Å². The van der Waals surface area contributed by atoms with Gasteiger partial charge in [0.1, 0.15) is 5.54 Å². The van der Waals surface area contributed by atoms with Gasteiger partial charge in [-0.15, -0.1) is 10.2 Å². The van der Waals surface area contributed by atoms with Crippen molar-refractivity contribution in [2.45, 2.75) is 55.8 Å². The Kier molecular flexibility index (Phi) is 6.34. The van der Waals surface area contributed by atoms with Gasteiger partial charge in [-0.3, -0.25) is 4.79 Å². The fraction of sp³-hybridized carbons (Fsp3) is 0.474. The Bertz CT molecular complexity index is 852. The summed E-state index contributed by atoms with van der Waals surface area (Å²) in [6.07, 6.45) is 4.59. The maximum atomic E-state index is 12.3. The van der Waals surface area contributed by atoms with Crippen LogP contribution in [-0.2, 0) is 4.79 Å². The lowest BCUT2D eigenvalue weighted by Crippen LogP contribution is -2.49. The molecule has 1 fully saturated rings. The standard InChI is InChI=1S/C19H23N5OS2/c1-13-7-6-8-15(14(13)2)21-17-23-24-18(27-17)26-11-16(25)22-19(12-20)9-4-3-5-10-19/h6-8H,3-5,9-11H2,1-2H3,(H,21,23)(H,22,25). The minimum atomic E-state index is -0.688. The van der Waals surface area contributed by atoms with Gasteiger partial charge in [0.2, 0.25) is 11.0 Å². The maximum Gasteiger partial charge on any atom is 0.231 e. The highest BCUT2D eigenvalue weighted by atomic mass is 32.2. The summed E-state index contributed by atoms with van der Waals surface area (Å²) in [4.78, 5) is 12.3. The van der Waals surface area contributed by atoms with Crippen molar-refractivity contribution in [1.29, 1.82) is 5.26 Å². The first kappa shape index (κ1) is 19.6. The molecule has 0 aliphatic heterocycles. The van der Waals surface area contributed by atoms with E-state index in [1.165, 1.54) is 34.2 Å². The van der Waals surface area contributed by atoms with E-state index in [2.05, 4.69) is 46.8 Å². The molecule has 1 aliphatic rings. The number of nitrogens with one attached hydrogen (secondary N) is 2. The van der Waals surface area contributed by atoms with E-state index in [1.54, 1.807) is 0 Å². The largest absolute Gasteiger partial charge is 0.337 e. The topological polar surface area (TPSA) is 90.7 Å². The molecule has 0 unspecified atom stereocenters. The number of nitriles is 1. The summed E-state index contributed by atoms with van der Waals surface area (Å²) >= 11 is 2.77. The zero-order valence-corrected chi connectivity index (χ0v) is 17.2. The summed E-state index contributed by atoms with van der Waals surface area (Å²) in [5.41, 5.74) is 2.71. The van der Waals surface area contributed by atoms with Crippen molar-refractivity contribution in [3.05, 3.63) is 29.3 Å². The zero-order chi connectivity index (χ0) is 19.3. The lowest BCUT2D eigenvalue weighted by Gasteiger charge is -2.31. The molecule has 1 saturated carbocycles. The molecule has 0 saturated heterocycles. The number of rotatable bonds is 6. The smallest absolute Gasteiger partial charge is 0.231 e. The van der Waals surface area contributed by atoms with E-state index in [9.17, 15) is 10.1 Å². The first-order valence-electron chi connectivity index (χ1n) is 9.03. The number of hydrogen-bond acceptors (Lipinski definition) is 7. The third-order valence-electron chi connectivity index (χ3n) is 4.88. The van der Waals surface area contributed by atoms with Crippen LogP contribution in [0.5, 0.6) is 0 Å². The Morgan fingerprint density at radius 1 is 1.30 bits per heavy atom. The van der Waals surface area contributed by atoms with Crippen molar-refractivity contribution in [3.8, 4) is 6.07 Å². The van der Waals surface area contributed by atoms with E-state index < -0.39 is 5.54 Å². The quantitative estimate of drug-likeness (QED) is 0.700. The van der Waals surface area contributed by atoms with Crippen LogP contribution in [0.1, 0.15) is 43.2 Å². The van der Waals surface area contributed by atoms with Crippen molar-refractivity contribution < 1.29 is 4.79 Å². The van der Waals surface area contributed by atoms with Crippen molar-refractivity contribution in [2.24, 2.45) is 0 Å². The summed E-state index contributed by atoms with van der Waals surface area (Å²) < 4.78 is 0.729. The second-order valence-electron chi connectivity index (χ2n) is 6.84. The summed E-state index contributed by atoms with van der Waals surface area (Å²) in [6.45, 7) is 4.13. The fourth-order valence-electron chi connectivity index (χ4n) is 3.17. The molecular formula is C19H23N5OS2. The third-order valence-corrected chi connectivity index (χ3v) is 6.85. The van der Waals surface area contributed by atoms with Gasteiger partial charge in [0.05, 0.1) is 11.8 Å². The minimum absolute atomic E-state index is 0.123. The van der Waals surface area contributed by atoms with E-state index in [0.29, 0.717) is 5.13 Å². The van der Waals surface area contributed by atoms with E-state index in [4.69, 9.17) is 0 Å². The van der Waals surface area contributed by atoms with Crippen LogP contribution in [0.4, 0.5) is 10.8 Å². The average molecular weight is 402 g/mol. The Morgan fingerprint density at radius 2 is 2.07 bits per heavy atom. The second-order valence-corrected chi connectivity index (χ2v) is 9.04. The molecule has 2 N–H and O–H groups in total. The molecule has 142 valence electrons. The molecule has 1 amide bonds. The highest BCUT2D eigenvalue weighted by Gasteiger charge is 2.33. The molecule has 0 atom stereocenters. The van der Waals surface area contributed by atoms with E-state index in [1.807, 2.05) is 12.1 Å². The lowest BCUT2D eigenvalue weighted by atomic mass is 9.83. The first-order valence-corrected chi connectivity index (χ1v) is 10.8. The van der Waals surface area contributed by atoms with Crippen LogP contribution in [0.15, 0.2) is 22.5 Å². The van der Waals surface area contributed by atoms with Gasteiger partial charge in [0.25, 0.3) is 0 Å². The number of anilines is 2. The predicted molar refractivity (Wildman–Crippen MR) is 109 cm³/mol. The number of nitrogens with zero attached hydrogens (tertiary/aromatic N) is 3. The van der Waals surface area contributed by atoms with Gasteiger partial charge >= 0.3 is 0 Å². The Hall–Kier alpha value is -2.11. The number of amides is 1. The number of aryl methyl sites for hydroxylation is 1. The SMILES string of the molecule is Cc1cccc(Nc2nnc(SCC(=O)NC3(C#N)CCCCC3)s2)c1C. The molecule has 1 aromatic heterocycles. The summed E-state index contributed by atoms with van der Waals surface area (Å²) in [7, 11) is 0. The lowest BCUT2D eigenvalue weighted by molar-refractivity contribution is -0.120. The molecule has 27 heavy (non-hydrogen) atoms. The van der Waals surface area contributed by atoms with Crippen LogP contribution < -0.4 is 10.6 Å². The highest BCUT2D eigenvalue weighted by Crippen LogP contribution is 2.30. The van der Waals surface area contributed by atoms with Crippen molar-refractivity contribution in [1.82, 2.24) is 15.5 Å². The van der Waals surface area contributed by atoms with Gasteiger partial charge in [-0.2, -0.15) is 5.26 Å². The molecule has 1 aromatic carbocycles. The average Bonchev–Trinajstić information content (AvgIpc) is 3.12. The number of thioether (sulfide) groups is 1. The Morgan fingerprint density at radius 3 is 2.81 bits per heavy atom.